The Morgan fingerprint density at radius 3 is 2.77 bits per heavy atom. The Morgan fingerprint density at radius 2 is 1.97 bits per heavy atom. The van der Waals surface area contributed by atoms with Crippen LogP contribution in [0.1, 0.15) is 35.0 Å². The van der Waals surface area contributed by atoms with Gasteiger partial charge in [-0.15, -0.1) is 11.3 Å². The Hall–Kier alpha value is -3.85. The highest BCUT2D eigenvalue weighted by Crippen LogP contribution is 2.32. The minimum Gasteiger partial charge on any atom is -0.339 e. The molecule has 9 heteroatoms. The van der Waals surface area contributed by atoms with E-state index in [2.05, 4.69) is 21.4 Å². The lowest BCUT2D eigenvalue weighted by Crippen LogP contribution is -2.30. The second kappa shape index (κ2) is 9.79. The molecule has 0 unspecified atom stereocenters. The summed E-state index contributed by atoms with van der Waals surface area (Å²) in [6, 6.07) is 14.4. The summed E-state index contributed by atoms with van der Waals surface area (Å²) in [5.41, 5.74) is 2.50. The van der Waals surface area contributed by atoms with Crippen molar-refractivity contribution in [1.82, 2.24) is 19.4 Å². The third-order valence-corrected chi connectivity index (χ3v) is 7.34. The van der Waals surface area contributed by atoms with Gasteiger partial charge in [-0.05, 0) is 61.7 Å². The van der Waals surface area contributed by atoms with Crippen molar-refractivity contribution in [2.45, 2.75) is 25.3 Å². The Kier molecular flexibility index (Phi) is 6.41. The molecule has 5 rings (SSSR count). The Morgan fingerprint density at radius 1 is 1.11 bits per heavy atom. The number of aromatic nitrogens is 3. The van der Waals surface area contributed by atoms with Gasteiger partial charge in [0.05, 0.1) is 15.9 Å². The highest BCUT2D eigenvalue weighted by Gasteiger charge is 2.25. The lowest BCUT2D eigenvalue weighted by molar-refractivity contribution is -0.125. The first kappa shape index (κ1) is 22.9. The zero-order valence-corrected chi connectivity index (χ0v) is 19.8. The van der Waals surface area contributed by atoms with Gasteiger partial charge in [0.15, 0.2) is 0 Å². The minimum absolute atomic E-state index is 0.0560. The molecule has 0 radical (unpaired) electrons. The van der Waals surface area contributed by atoms with Gasteiger partial charge in [-0.1, -0.05) is 18.7 Å². The molecule has 7 nitrogen and oxygen atoms in total. The quantitative estimate of drug-likeness (QED) is 0.305. The molecular weight excluding hydrogens is 465 g/mol. The van der Waals surface area contributed by atoms with Crippen molar-refractivity contribution in [3.63, 3.8) is 0 Å². The number of anilines is 1. The average Bonchev–Trinajstić information content (AvgIpc) is 3.42. The molecular formula is C26H24FN5O2S. The SMILES string of the molecule is C=CC(=O)N1CCC[C@@H](n2c(NC(=O)c3ccc(-c4ccc(F)nc4)s3)nc3ccccc32)CC1. The summed E-state index contributed by atoms with van der Waals surface area (Å²) >= 11 is 1.31. The van der Waals surface area contributed by atoms with Crippen LogP contribution in [0.15, 0.2) is 67.4 Å². The number of hydrogen-bond donors (Lipinski definition) is 1. The number of fused-ring (bicyclic) bond motifs is 1. The molecule has 1 aromatic carbocycles. The summed E-state index contributed by atoms with van der Waals surface area (Å²) in [7, 11) is 0. The van der Waals surface area contributed by atoms with Crippen molar-refractivity contribution in [1.29, 1.82) is 0 Å². The van der Waals surface area contributed by atoms with Crippen molar-refractivity contribution in [2.75, 3.05) is 18.4 Å². The van der Waals surface area contributed by atoms with Crippen molar-refractivity contribution in [2.24, 2.45) is 0 Å². The van der Waals surface area contributed by atoms with Gasteiger partial charge < -0.3 is 9.47 Å². The molecule has 0 aliphatic carbocycles. The van der Waals surface area contributed by atoms with Crippen molar-refractivity contribution in [3.8, 4) is 10.4 Å². The number of nitrogens with zero attached hydrogens (tertiary/aromatic N) is 4. The number of thiophene rings is 1. The largest absolute Gasteiger partial charge is 0.339 e. The Labute approximate surface area is 205 Å². The summed E-state index contributed by atoms with van der Waals surface area (Å²) in [6.45, 7) is 4.91. The molecule has 2 amide bonds. The maximum Gasteiger partial charge on any atom is 0.268 e. The smallest absolute Gasteiger partial charge is 0.268 e. The van der Waals surface area contributed by atoms with E-state index in [4.69, 9.17) is 4.98 Å². The number of pyridine rings is 1. The number of rotatable bonds is 5. The van der Waals surface area contributed by atoms with Gasteiger partial charge in [-0.3, -0.25) is 14.9 Å². The number of para-hydroxylation sites is 2. The van der Waals surface area contributed by atoms with Crippen molar-refractivity contribution < 1.29 is 14.0 Å². The van der Waals surface area contributed by atoms with Gasteiger partial charge in [0.25, 0.3) is 5.91 Å². The van der Waals surface area contributed by atoms with E-state index in [0.29, 0.717) is 23.9 Å². The number of carbonyl (C=O) groups is 2. The Balaban J connectivity index is 1.41. The van der Waals surface area contributed by atoms with Gasteiger partial charge in [0.1, 0.15) is 0 Å². The number of likely N-dealkylation sites (tertiary alicyclic amines) is 1. The van der Waals surface area contributed by atoms with Crippen LogP contribution in [0.25, 0.3) is 21.5 Å². The van der Waals surface area contributed by atoms with Crippen LogP contribution in [0.5, 0.6) is 0 Å². The van der Waals surface area contributed by atoms with Gasteiger partial charge in [0, 0.05) is 35.8 Å². The highest BCUT2D eigenvalue weighted by atomic mass is 32.1. The predicted octanol–water partition coefficient (Wildman–Crippen LogP) is 5.29. The van der Waals surface area contributed by atoms with E-state index in [1.54, 1.807) is 12.1 Å². The number of carbonyl (C=O) groups excluding carboxylic acids is 2. The fraction of sp³-hybridized carbons (Fsp3) is 0.231. The van der Waals surface area contributed by atoms with Crippen molar-refractivity contribution in [3.05, 3.63) is 78.2 Å². The van der Waals surface area contributed by atoms with E-state index in [-0.39, 0.29) is 17.9 Å². The summed E-state index contributed by atoms with van der Waals surface area (Å²) in [5.74, 6) is -0.370. The number of imidazole rings is 1. The maximum atomic E-state index is 13.2. The number of hydrogen-bond acceptors (Lipinski definition) is 5. The van der Waals surface area contributed by atoms with E-state index in [9.17, 15) is 14.0 Å². The first-order valence-corrected chi connectivity index (χ1v) is 12.3. The second-order valence-electron chi connectivity index (χ2n) is 8.40. The van der Waals surface area contributed by atoms with E-state index in [1.807, 2.05) is 35.2 Å². The van der Waals surface area contributed by atoms with E-state index >= 15 is 0 Å². The van der Waals surface area contributed by atoms with Crippen LogP contribution < -0.4 is 5.32 Å². The van der Waals surface area contributed by atoms with E-state index < -0.39 is 5.95 Å². The fourth-order valence-corrected chi connectivity index (χ4v) is 5.38. The summed E-state index contributed by atoms with van der Waals surface area (Å²) < 4.78 is 15.2. The molecule has 0 bridgehead atoms. The lowest BCUT2D eigenvalue weighted by atomic mass is 10.1. The van der Waals surface area contributed by atoms with E-state index in [1.165, 1.54) is 29.7 Å². The van der Waals surface area contributed by atoms with Crippen LogP contribution in [0.3, 0.4) is 0 Å². The Bertz CT molecular complexity index is 1390. The third kappa shape index (κ3) is 4.72. The van der Waals surface area contributed by atoms with Crippen LogP contribution >= 0.6 is 11.3 Å². The number of benzene rings is 1. The van der Waals surface area contributed by atoms with Crippen LogP contribution in [-0.2, 0) is 4.79 Å². The third-order valence-electron chi connectivity index (χ3n) is 6.21. The first-order valence-electron chi connectivity index (χ1n) is 11.4. The number of nitrogens with one attached hydrogen (secondary N) is 1. The molecule has 0 saturated carbocycles. The summed E-state index contributed by atoms with van der Waals surface area (Å²) in [5, 5.41) is 3.00. The van der Waals surface area contributed by atoms with Gasteiger partial charge in [-0.2, -0.15) is 4.39 Å². The van der Waals surface area contributed by atoms with Crippen LogP contribution in [0.4, 0.5) is 10.3 Å². The molecule has 0 spiro atoms. The van der Waals surface area contributed by atoms with Gasteiger partial charge >= 0.3 is 0 Å². The molecule has 4 aromatic rings. The summed E-state index contributed by atoms with van der Waals surface area (Å²) in [6.07, 6.45) is 5.28. The van der Waals surface area contributed by atoms with Crippen LogP contribution in [-0.4, -0.2) is 44.3 Å². The minimum atomic E-state index is -0.544. The normalized spacial score (nSPS) is 16.1. The molecule has 1 aliphatic rings. The molecule has 1 fully saturated rings. The summed E-state index contributed by atoms with van der Waals surface area (Å²) in [4.78, 5) is 36.9. The molecule has 1 aliphatic heterocycles. The molecule has 35 heavy (non-hydrogen) atoms. The van der Waals surface area contributed by atoms with Gasteiger partial charge in [0.2, 0.25) is 17.8 Å². The van der Waals surface area contributed by atoms with Crippen LogP contribution in [0.2, 0.25) is 0 Å². The molecule has 178 valence electrons. The molecule has 1 N–H and O–H groups in total. The average molecular weight is 490 g/mol. The maximum absolute atomic E-state index is 13.2. The highest BCUT2D eigenvalue weighted by molar-refractivity contribution is 7.17. The van der Waals surface area contributed by atoms with E-state index in [0.717, 1.165) is 40.7 Å². The van der Waals surface area contributed by atoms with Crippen molar-refractivity contribution >= 4 is 40.1 Å². The lowest BCUT2D eigenvalue weighted by Gasteiger charge is -2.21. The topological polar surface area (TPSA) is 80.1 Å². The molecule has 3 aromatic heterocycles. The standard InChI is InChI=1S/C26H24FN5O2S/c1-2-24(33)31-14-5-6-18(13-15-31)32-20-8-4-3-7-19(20)29-26(32)30-25(34)22-11-10-21(35-22)17-9-12-23(27)28-16-17/h2-4,7-12,16,18H,1,5-6,13-15H2,(H,29,30,34)/t18-/m1/s1. The number of halogens is 1. The zero-order valence-electron chi connectivity index (χ0n) is 19.0. The monoisotopic (exact) mass is 489 g/mol. The van der Waals surface area contributed by atoms with Crippen LogP contribution in [0, 0.1) is 5.95 Å². The fourth-order valence-electron chi connectivity index (χ4n) is 4.49. The number of amides is 2. The molecule has 4 heterocycles. The predicted molar refractivity (Wildman–Crippen MR) is 135 cm³/mol. The van der Waals surface area contributed by atoms with Gasteiger partial charge in [-0.25, -0.2) is 9.97 Å². The first-order chi connectivity index (χ1) is 17.0. The molecule has 1 atom stereocenters. The molecule has 1 saturated heterocycles. The zero-order chi connectivity index (χ0) is 24.4. The second-order valence-corrected chi connectivity index (χ2v) is 9.48.